The molecule has 0 aliphatic heterocycles. The van der Waals surface area contributed by atoms with Gasteiger partial charge in [0.15, 0.2) is 5.69 Å². The van der Waals surface area contributed by atoms with Gasteiger partial charge in [0.2, 0.25) is 5.82 Å². The molecule has 0 fully saturated rings. The van der Waals surface area contributed by atoms with E-state index in [1.165, 1.54) is 31.6 Å². The molecule has 0 bridgehead atoms. The van der Waals surface area contributed by atoms with E-state index in [0.717, 1.165) is 6.07 Å². The fraction of sp³-hybridized carbons (Fsp3) is 0.158. The van der Waals surface area contributed by atoms with Crippen LogP contribution in [0, 0.1) is 0 Å². The second kappa shape index (κ2) is 7.87. The average molecular weight is 449 g/mol. The first-order valence-electron chi connectivity index (χ1n) is 8.72. The first-order chi connectivity index (χ1) is 14.8. The van der Waals surface area contributed by atoms with E-state index >= 15 is 0 Å². The molecule has 4 rings (SSSR count). The van der Waals surface area contributed by atoms with Crippen LogP contribution in [0.2, 0.25) is 0 Å². The predicted molar refractivity (Wildman–Crippen MR) is 107 cm³/mol. The number of aromatic nitrogens is 4. The number of carbonyl (C=O) groups is 1. The van der Waals surface area contributed by atoms with Crippen molar-refractivity contribution in [1.29, 1.82) is 0 Å². The summed E-state index contributed by atoms with van der Waals surface area (Å²) in [5, 5.41) is 7.98. The molecule has 0 spiro atoms. The molecule has 3 aromatic heterocycles. The van der Waals surface area contributed by atoms with Gasteiger partial charge in [-0.05, 0) is 29.6 Å². The summed E-state index contributed by atoms with van der Waals surface area (Å²) in [5.74, 6) is -0.886. The Hall–Kier alpha value is -3.67. The van der Waals surface area contributed by atoms with Gasteiger partial charge in [0.05, 0.1) is 30.5 Å². The highest BCUT2D eigenvalue weighted by atomic mass is 32.1. The summed E-state index contributed by atoms with van der Waals surface area (Å²) in [4.78, 5) is 21.3. The molecule has 4 aromatic rings. The van der Waals surface area contributed by atoms with Gasteiger partial charge >= 0.3 is 6.18 Å². The molecule has 0 saturated heterocycles. The van der Waals surface area contributed by atoms with Crippen molar-refractivity contribution in [3.8, 4) is 22.1 Å². The number of thiophene rings is 1. The molecule has 160 valence electrons. The molecule has 0 unspecified atom stereocenters. The number of carbonyl (C=O) groups excluding carboxylic acids is 1. The smallest absolute Gasteiger partial charge is 0.433 e. The maximum atomic E-state index is 13.6. The van der Waals surface area contributed by atoms with Crippen molar-refractivity contribution < 1.29 is 27.4 Å². The minimum absolute atomic E-state index is 0.0867. The number of alkyl halides is 3. The fourth-order valence-electron chi connectivity index (χ4n) is 2.81. The number of rotatable bonds is 5. The molecule has 1 N–H and O–H groups in total. The second-order valence-electron chi connectivity index (χ2n) is 6.17. The lowest BCUT2D eigenvalue weighted by Gasteiger charge is -2.10. The molecule has 12 heteroatoms. The number of anilines is 1. The number of hydrogen-bond acceptors (Lipinski definition) is 7. The number of nitrogens with one attached hydrogen (secondary N) is 1. The van der Waals surface area contributed by atoms with Crippen molar-refractivity contribution in [3.63, 3.8) is 0 Å². The van der Waals surface area contributed by atoms with Crippen LogP contribution in [0.4, 0.5) is 18.9 Å². The summed E-state index contributed by atoms with van der Waals surface area (Å²) in [5.41, 5.74) is -0.760. The molecular formula is C19H14F3N5O3S. The number of halogens is 3. The first-order valence-corrected chi connectivity index (χ1v) is 9.60. The van der Waals surface area contributed by atoms with Crippen LogP contribution in [0.3, 0.4) is 0 Å². The number of benzene rings is 1. The van der Waals surface area contributed by atoms with Gasteiger partial charge < -0.3 is 14.8 Å². The van der Waals surface area contributed by atoms with Gasteiger partial charge in [-0.25, -0.2) is 4.98 Å². The monoisotopic (exact) mass is 449 g/mol. The largest absolute Gasteiger partial charge is 0.497 e. The highest BCUT2D eigenvalue weighted by Gasteiger charge is 2.36. The maximum absolute atomic E-state index is 13.6. The third-order valence-electron chi connectivity index (χ3n) is 4.23. The maximum Gasteiger partial charge on any atom is 0.433 e. The Kier molecular flexibility index (Phi) is 5.23. The zero-order valence-corrected chi connectivity index (χ0v) is 16.9. The van der Waals surface area contributed by atoms with Crippen LogP contribution in [0.1, 0.15) is 16.3 Å². The summed E-state index contributed by atoms with van der Waals surface area (Å²) >= 11 is 1.23. The molecule has 0 aliphatic carbocycles. The van der Waals surface area contributed by atoms with Crippen molar-refractivity contribution in [2.75, 3.05) is 19.5 Å². The van der Waals surface area contributed by atoms with Crippen LogP contribution in [0.15, 0.2) is 41.8 Å². The molecular weight excluding hydrogens is 435 g/mol. The molecule has 1 aromatic carbocycles. The Labute approximate surface area is 177 Å². The third-order valence-corrected chi connectivity index (χ3v) is 5.13. The molecule has 0 atom stereocenters. The van der Waals surface area contributed by atoms with Crippen molar-refractivity contribution in [2.24, 2.45) is 0 Å². The van der Waals surface area contributed by atoms with Gasteiger partial charge in [-0.1, -0.05) is 6.07 Å². The number of hydrogen-bond donors (Lipinski definition) is 1. The lowest BCUT2D eigenvalue weighted by atomic mass is 10.2. The summed E-state index contributed by atoms with van der Waals surface area (Å²) in [6, 6.07) is 8.92. The highest BCUT2D eigenvalue weighted by Crippen LogP contribution is 2.33. The average Bonchev–Trinajstić information content (AvgIpc) is 3.42. The molecule has 0 saturated carbocycles. The van der Waals surface area contributed by atoms with Crippen molar-refractivity contribution >= 4 is 28.7 Å². The molecule has 0 radical (unpaired) electrons. The van der Waals surface area contributed by atoms with Gasteiger partial charge in [0, 0.05) is 6.07 Å². The molecule has 0 aliphatic rings. The molecule has 8 nitrogen and oxygen atoms in total. The lowest BCUT2D eigenvalue weighted by Crippen LogP contribution is -2.16. The van der Waals surface area contributed by atoms with E-state index in [0.29, 0.717) is 20.9 Å². The third kappa shape index (κ3) is 4.01. The number of fused-ring (bicyclic) bond motifs is 1. The van der Waals surface area contributed by atoms with Gasteiger partial charge in [-0.2, -0.15) is 22.7 Å². The number of ether oxygens (including phenoxy) is 2. The van der Waals surface area contributed by atoms with Crippen LogP contribution in [-0.2, 0) is 6.18 Å². The van der Waals surface area contributed by atoms with Crippen LogP contribution in [-0.4, -0.2) is 39.7 Å². The molecule has 31 heavy (non-hydrogen) atoms. The number of amides is 1. The van der Waals surface area contributed by atoms with Crippen LogP contribution in [0.5, 0.6) is 11.5 Å². The first kappa shape index (κ1) is 20.6. The SMILES string of the molecule is COc1ccc(OC)c(NC(=O)c2nc3nc(-c4cccs4)cc(C(F)(F)F)n3n2)c1. The van der Waals surface area contributed by atoms with Gasteiger partial charge in [0.25, 0.3) is 11.7 Å². The summed E-state index contributed by atoms with van der Waals surface area (Å²) in [6.07, 6.45) is -4.73. The molecule has 1 amide bonds. The van der Waals surface area contributed by atoms with E-state index in [2.05, 4.69) is 20.4 Å². The van der Waals surface area contributed by atoms with Crippen molar-refractivity contribution in [3.05, 3.63) is 53.3 Å². The standard InChI is InChI=1S/C19H14F3N5O3S/c1-29-10-5-6-13(30-2)11(8-10)23-17(28)16-25-18-24-12(14-4-3-7-31-14)9-15(19(20,21)22)27(18)26-16/h3-9H,1-2H3,(H,23,28). The fourth-order valence-corrected chi connectivity index (χ4v) is 3.49. The van der Waals surface area contributed by atoms with Crippen LogP contribution in [0.25, 0.3) is 16.3 Å². The lowest BCUT2D eigenvalue weighted by molar-refractivity contribution is -0.142. The Morgan fingerprint density at radius 3 is 2.58 bits per heavy atom. The Morgan fingerprint density at radius 2 is 1.94 bits per heavy atom. The van der Waals surface area contributed by atoms with E-state index in [1.54, 1.807) is 29.6 Å². The number of methoxy groups -OCH3 is 2. The van der Waals surface area contributed by atoms with Gasteiger partial charge in [-0.3, -0.25) is 4.79 Å². The van der Waals surface area contributed by atoms with E-state index < -0.39 is 23.6 Å². The molecule has 3 heterocycles. The minimum Gasteiger partial charge on any atom is -0.497 e. The predicted octanol–water partition coefficient (Wildman–Crippen LogP) is 4.14. The Bertz CT molecular complexity index is 1250. The van der Waals surface area contributed by atoms with Gasteiger partial charge in [0.1, 0.15) is 11.5 Å². The summed E-state index contributed by atoms with van der Waals surface area (Å²) < 4.78 is 51.7. The quantitative estimate of drug-likeness (QED) is 0.493. The van der Waals surface area contributed by atoms with E-state index in [1.807, 2.05) is 0 Å². The van der Waals surface area contributed by atoms with E-state index in [-0.39, 0.29) is 17.2 Å². The highest BCUT2D eigenvalue weighted by molar-refractivity contribution is 7.13. The normalized spacial score (nSPS) is 11.5. The van der Waals surface area contributed by atoms with E-state index in [9.17, 15) is 18.0 Å². The summed E-state index contributed by atoms with van der Waals surface area (Å²) in [7, 11) is 2.86. The van der Waals surface area contributed by atoms with Crippen LogP contribution < -0.4 is 14.8 Å². The number of nitrogens with zero attached hydrogens (tertiary/aromatic N) is 4. The Morgan fingerprint density at radius 1 is 1.13 bits per heavy atom. The van der Waals surface area contributed by atoms with Crippen molar-refractivity contribution in [2.45, 2.75) is 6.18 Å². The minimum atomic E-state index is -4.73. The van der Waals surface area contributed by atoms with Crippen molar-refractivity contribution in [1.82, 2.24) is 19.6 Å². The summed E-state index contributed by atoms with van der Waals surface area (Å²) in [6.45, 7) is 0. The zero-order valence-electron chi connectivity index (χ0n) is 16.1. The second-order valence-corrected chi connectivity index (χ2v) is 7.12. The van der Waals surface area contributed by atoms with E-state index in [4.69, 9.17) is 9.47 Å². The van der Waals surface area contributed by atoms with Gasteiger partial charge in [-0.15, -0.1) is 16.4 Å². The topological polar surface area (TPSA) is 90.6 Å². The zero-order chi connectivity index (χ0) is 22.2. The van der Waals surface area contributed by atoms with Crippen LogP contribution >= 0.6 is 11.3 Å². The Balaban J connectivity index is 1.76.